The van der Waals surface area contributed by atoms with Crippen molar-refractivity contribution in [3.63, 3.8) is 0 Å². The van der Waals surface area contributed by atoms with Crippen molar-refractivity contribution < 1.29 is 9.59 Å². The van der Waals surface area contributed by atoms with Crippen molar-refractivity contribution >= 4 is 6.15 Å². The molecule has 1 rings (SSSR count). The average Bonchev–Trinajstić information content (AvgIpc) is 2.22. The first-order chi connectivity index (χ1) is 6.79. The van der Waals surface area contributed by atoms with E-state index in [1.165, 1.54) is 5.56 Å². The van der Waals surface area contributed by atoms with Gasteiger partial charge in [-0.3, -0.25) is 0 Å². The molecule has 2 N–H and O–H groups in total. The van der Waals surface area contributed by atoms with E-state index in [1.54, 1.807) is 0 Å². The molecule has 0 fully saturated rings. The molecule has 0 spiro atoms. The van der Waals surface area contributed by atoms with E-state index in [4.69, 9.17) is 15.3 Å². The third kappa shape index (κ3) is 4.55. The van der Waals surface area contributed by atoms with Gasteiger partial charge in [0.1, 0.15) is 0 Å². The van der Waals surface area contributed by atoms with Gasteiger partial charge < -0.3 is 5.73 Å². The molecule has 1 atom stereocenters. The monoisotopic (exact) mass is 193 g/mol. The fourth-order valence-corrected chi connectivity index (χ4v) is 1.26. The number of nitrogens with two attached hydrogens (primary N) is 1. The summed E-state index contributed by atoms with van der Waals surface area (Å²) in [6.45, 7) is 2.92. The Bertz CT molecular complexity index is 262. The van der Waals surface area contributed by atoms with Crippen LogP contribution in [0.25, 0.3) is 0 Å². The van der Waals surface area contributed by atoms with Crippen molar-refractivity contribution in [2.75, 3.05) is 6.54 Å². The summed E-state index contributed by atoms with van der Waals surface area (Å²) in [6, 6.07) is 10.4. The first-order valence-electron chi connectivity index (χ1n) is 4.54. The maximum atomic E-state index is 8.12. The van der Waals surface area contributed by atoms with Crippen molar-refractivity contribution in [3.8, 4) is 0 Å². The number of benzene rings is 1. The summed E-state index contributed by atoms with van der Waals surface area (Å²) >= 11 is 0. The van der Waals surface area contributed by atoms with E-state index >= 15 is 0 Å². The Kier molecular flexibility index (Phi) is 7.33. The minimum absolute atomic E-state index is 0.250. The van der Waals surface area contributed by atoms with Crippen molar-refractivity contribution in [2.45, 2.75) is 19.3 Å². The van der Waals surface area contributed by atoms with Crippen LogP contribution in [0, 0.1) is 0 Å². The minimum atomic E-state index is 0.250. The minimum Gasteiger partial charge on any atom is -0.330 e. The Hall–Kier alpha value is -1.44. The van der Waals surface area contributed by atoms with Gasteiger partial charge in [0.2, 0.25) is 0 Å². The summed E-state index contributed by atoms with van der Waals surface area (Å²) in [5.74, 6) is 0.538. The van der Waals surface area contributed by atoms with Crippen LogP contribution in [0.3, 0.4) is 0 Å². The topological polar surface area (TPSA) is 60.2 Å². The lowest BCUT2D eigenvalue weighted by Crippen LogP contribution is -2.11. The molecule has 0 aliphatic heterocycles. The van der Waals surface area contributed by atoms with E-state index in [9.17, 15) is 0 Å². The zero-order chi connectivity index (χ0) is 10.8. The molecule has 1 unspecified atom stereocenters. The summed E-state index contributed by atoms with van der Waals surface area (Å²) in [7, 11) is 0. The molecule has 1 aromatic carbocycles. The summed E-state index contributed by atoms with van der Waals surface area (Å²) in [5, 5.41) is 0. The highest BCUT2D eigenvalue weighted by Gasteiger charge is 2.04. The molecule has 3 nitrogen and oxygen atoms in total. The molecular formula is C11H15NO2. The molecule has 0 saturated heterocycles. The normalized spacial score (nSPS) is 10.7. The predicted molar refractivity (Wildman–Crippen MR) is 53.5 cm³/mol. The zero-order valence-electron chi connectivity index (χ0n) is 8.27. The molecule has 1 aromatic rings. The molecule has 14 heavy (non-hydrogen) atoms. The standard InChI is InChI=1S/C10H15N.CO2/c1-2-9(8-11)10-6-4-3-5-7-10;2-1-3/h3-7,9H,2,8,11H2,1H3;. The molecule has 76 valence electrons. The van der Waals surface area contributed by atoms with Gasteiger partial charge in [-0.2, -0.15) is 9.59 Å². The largest absolute Gasteiger partial charge is 0.373 e. The second-order valence-corrected chi connectivity index (χ2v) is 2.83. The van der Waals surface area contributed by atoms with E-state index in [1.807, 2.05) is 6.07 Å². The second kappa shape index (κ2) is 8.17. The van der Waals surface area contributed by atoms with Gasteiger partial charge in [-0.05, 0) is 24.4 Å². The van der Waals surface area contributed by atoms with Gasteiger partial charge in [-0.1, -0.05) is 37.3 Å². The number of carbonyl (C=O) groups excluding carboxylic acids is 2. The number of hydrogen-bond acceptors (Lipinski definition) is 3. The van der Waals surface area contributed by atoms with Crippen LogP contribution in [0.1, 0.15) is 24.8 Å². The Balaban J connectivity index is 0.000000500. The molecule has 0 amide bonds. The highest BCUT2D eigenvalue weighted by atomic mass is 16.2. The van der Waals surface area contributed by atoms with Gasteiger partial charge in [0.15, 0.2) is 0 Å². The molecular weight excluding hydrogens is 178 g/mol. The smallest absolute Gasteiger partial charge is 0.330 e. The second-order valence-electron chi connectivity index (χ2n) is 2.83. The molecule has 0 aliphatic carbocycles. The van der Waals surface area contributed by atoms with Crippen molar-refractivity contribution in [2.24, 2.45) is 5.73 Å². The zero-order valence-corrected chi connectivity index (χ0v) is 8.27. The Labute approximate surface area is 83.9 Å². The highest BCUT2D eigenvalue weighted by molar-refractivity contribution is 5.20. The van der Waals surface area contributed by atoms with Gasteiger partial charge in [0.25, 0.3) is 0 Å². The fourth-order valence-electron chi connectivity index (χ4n) is 1.26. The summed E-state index contributed by atoms with van der Waals surface area (Å²) in [4.78, 5) is 16.2. The van der Waals surface area contributed by atoms with Gasteiger partial charge in [0.05, 0.1) is 0 Å². The molecule has 0 aliphatic rings. The lowest BCUT2D eigenvalue weighted by Gasteiger charge is -2.11. The third-order valence-electron chi connectivity index (χ3n) is 2.05. The quantitative estimate of drug-likeness (QED) is 0.792. The highest BCUT2D eigenvalue weighted by Crippen LogP contribution is 2.16. The number of rotatable bonds is 3. The summed E-state index contributed by atoms with van der Waals surface area (Å²) in [5.41, 5.74) is 6.97. The summed E-state index contributed by atoms with van der Waals surface area (Å²) in [6.07, 6.45) is 1.38. The predicted octanol–water partition coefficient (Wildman–Crippen LogP) is 1.56. The lowest BCUT2D eigenvalue weighted by molar-refractivity contribution is -0.191. The Morgan fingerprint density at radius 2 is 1.79 bits per heavy atom. The van der Waals surface area contributed by atoms with Crippen molar-refractivity contribution in [3.05, 3.63) is 35.9 Å². The van der Waals surface area contributed by atoms with Crippen LogP contribution in [0.5, 0.6) is 0 Å². The third-order valence-corrected chi connectivity index (χ3v) is 2.05. The molecule has 0 radical (unpaired) electrons. The molecule has 0 heterocycles. The van der Waals surface area contributed by atoms with Crippen LogP contribution < -0.4 is 5.73 Å². The van der Waals surface area contributed by atoms with Crippen molar-refractivity contribution in [1.82, 2.24) is 0 Å². The Morgan fingerprint density at radius 1 is 1.29 bits per heavy atom. The van der Waals surface area contributed by atoms with E-state index in [2.05, 4.69) is 31.2 Å². The lowest BCUT2D eigenvalue weighted by atomic mass is 9.97. The van der Waals surface area contributed by atoms with Gasteiger partial charge in [-0.25, -0.2) is 0 Å². The van der Waals surface area contributed by atoms with E-state index in [0.717, 1.165) is 13.0 Å². The van der Waals surface area contributed by atoms with Crippen LogP contribution in [0.2, 0.25) is 0 Å². The van der Waals surface area contributed by atoms with Crippen LogP contribution >= 0.6 is 0 Å². The van der Waals surface area contributed by atoms with Gasteiger partial charge in [0, 0.05) is 0 Å². The summed E-state index contributed by atoms with van der Waals surface area (Å²) < 4.78 is 0. The van der Waals surface area contributed by atoms with Crippen LogP contribution in [-0.4, -0.2) is 12.7 Å². The van der Waals surface area contributed by atoms with Gasteiger partial charge >= 0.3 is 6.15 Å². The van der Waals surface area contributed by atoms with Crippen LogP contribution in [-0.2, 0) is 9.59 Å². The number of hydrogen-bond donors (Lipinski definition) is 1. The van der Waals surface area contributed by atoms with E-state index in [0.29, 0.717) is 5.92 Å². The first-order valence-corrected chi connectivity index (χ1v) is 4.54. The molecule has 3 heteroatoms. The maximum Gasteiger partial charge on any atom is 0.373 e. The maximum absolute atomic E-state index is 8.12. The van der Waals surface area contributed by atoms with Crippen LogP contribution in [0.15, 0.2) is 30.3 Å². The van der Waals surface area contributed by atoms with Crippen molar-refractivity contribution in [1.29, 1.82) is 0 Å². The fraction of sp³-hybridized carbons (Fsp3) is 0.364. The van der Waals surface area contributed by atoms with E-state index < -0.39 is 0 Å². The first kappa shape index (κ1) is 12.6. The molecule has 0 bridgehead atoms. The van der Waals surface area contributed by atoms with Gasteiger partial charge in [-0.15, -0.1) is 0 Å². The molecule has 0 saturated carbocycles. The van der Waals surface area contributed by atoms with Crippen LogP contribution in [0.4, 0.5) is 0 Å². The molecule has 0 aromatic heterocycles. The average molecular weight is 193 g/mol. The Morgan fingerprint density at radius 3 is 2.14 bits per heavy atom. The van der Waals surface area contributed by atoms with E-state index in [-0.39, 0.29) is 6.15 Å². The SMILES string of the molecule is CCC(CN)c1ccccc1.O=C=O.